The molecule has 0 atom stereocenters. The van der Waals surface area contributed by atoms with Crippen molar-refractivity contribution in [3.63, 3.8) is 0 Å². The lowest BCUT2D eigenvalue weighted by atomic mass is 10.1. The van der Waals surface area contributed by atoms with Crippen molar-refractivity contribution in [2.24, 2.45) is 0 Å². The number of benzene rings is 2. The molecule has 142 valence electrons. The number of aromatic nitrogens is 2. The summed E-state index contributed by atoms with van der Waals surface area (Å²) in [6.45, 7) is 5.08. The van der Waals surface area contributed by atoms with E-state index in [0.717, 1.165) is 38.7 Å². The van der Waals surface area contributed by atoms with Crippen LogP contribution < -0.4 is 4.90 Å². The highest BCUT2D eigenvalue weighted by Gasteiger charge is 2.21. The van der Waals surface area contributed by atoms with Gasteiger partial charge in [0.1, 0.15) is 10.6 Å². The van der Waals surface area contributed by atoms with Crippen LogP contribution in [0.4, 0.5) is 5.82 Å². The number of fused-ring (bicyclic) bond motifs is 1. The Morgan fingerprint density at radius 1 is 0.964 bits per heavy atom. The summed E-state index contributed by atoms with van der Waals surface area (Å²) in [7, 11) is 0. The number of hydrogen-bond acceptors (Lipinski definition) is 4. The van der Waals surface area contributed by atoms with Crippen LogP contribution in [0.2, 0.25) is 10.3 Å². The second-order valence-electron chi connectivity index (χ2n) is 6.86. The van der Waals surface area contributed by atoms with Crippen molar-refractivity contribution in [1.82, 2.24) is 9.97 Å². The molecular formula is C22H19Cl2N3S. The third-order valence-corrected chi connectivity index (χ3v) is 5.93. The Hall–Kier alpha value is -2.14. The van der Waals surface area contributed by atoms with Crippen molar-refractivity contribution in [2.45, 2.75) is 26.4 Å². The van der Waals surface area contributed by atoms with Crippen molar-refractivity contribution >= 4 is 50.6 Å². The van der Waals surface area contributed by atoms with Crippen LogP contribution in [0.25, 0.3) is 21.3 Å². The molecule has 0 saturated carbocycles. The second-order valence-corrected chi connectivity index (χ2v) is 8.49. The van der Waals surface area contributed by atoms with E-state index in [2.05, 4.69) is 58.4 Å². The summed E-state index contributed by atoms with van der Waals surface area (Å²) in [6, 6.07) is 18.5. The van der Waals surface area contributed by atoms with Gasteiger partial charge in [-0.1, -0.05) is 54.1 Å². The largest absolute Gasteiger partial charge is 0.349 e. The van der Waals surface area contributed by atoms with Crippen LogP contribution in [0.15, 0.2) is 60.0 Å². The Morgan fingerprint density at radius 3 is 2.36 bits per heavy atom. The molecule has 28 heavy (non-hydrogen) atoms. The number of thiophene rings is 1. The number of halogens is 2. The molecule has 4 rings (SSSR count). The van der Waals surface area contributed by atoms with E-state index < -0.39 is 0 Å². The maximum atomic E-state index is 6.29. The Balaban J connectivity index is 1.88. The summed E-state index contributed by atoms with van der Waals surface area (Å²) in [4.78, 5) is 12.3. The van der Waals surface area contributed by atoms with Gasteiger partial charge >= 0.3 is 0 Å². The molecule has 4 aromatic rings. The lowest BCUT2D eigenvalue weighted by molar-refractivity contribution is 0.675. The normalized spacial score (nSPS) is 11.3. The highest BCUT2D eigenvalue weighted by molar-refractivity contribution is 7.17. The standard InChI is InChI=1S/C22H19Cl2N3S/c1-14(2)27(12-15-6-4-3-5-7-15)20-19-18(16-8-10-17(23)11-9-16)13-28-21(19)26-22(24)25-20/h3-11,13-14H,12H2,1-2H3. The van der Waals surface area contributed by atoms with Gasteiger partial charge in [0.2, 0.25) is 5.28 Å². The molecule has 0 saturated heterocycles. The number of anilines is 1. The molecule has 0 unspecified atom stereocenters. The molecule has 3 nitrogen and oxygen atoms in total. The molecule has 0 fully saturated rings. The molecule has 0 N–H and O–H groups in total. The first-order valence-electron chi connectivity index (χ1n) is 9.04. The fourth-order valence-electron chi connectivity index (χ4n) is 3.23. The van der Waals surface area contributed by atoms with Gasteiger partial charge in [0, 0.05) is 28.6 Å². The Morgan fingerprint density at radius 2 is 1.68 bits per heavy atom. The SMILES string of the molecule is CC(C)N(Cc1ccccc1)c1nc(Cl)nc2scc(-c3ccc(Cl)cc3)c12. The number of nitrogens with zero attached hydrogens (tertiary/aromatic N) is 3. The van der Waals surface area contributed by atoms with Crippen LogP contribution in [0.1, 0.15) is 19.4 Å². The topological polar surface area (TPSA) is 29.0 Å². The minimum atomic E-state index is 0.243. The van der Waals surface area contributed by atoms with Crippen LogP contribution >= 0.6 is 34.5 Å². The van der Waals surface area contributed by atoms with Gasteiger partial charge in [-0.25, -0.2) is 4.98 Å². The lowest BCUT2D eigenvalue weighted by Crippen LogP contribution is -2.31. The highest BCUT2D eigenvalue weighted by atomic mass is 35.5. The summed E-state index contributed by atoms with van der Waals surface area (Å²) in [5.41, 5.74) is 3.41. The second kappa shape index (κ2) is 8.08. The molecular weight excluding hydrogens is 409 g/mol. The third-order valence-electron chi connectivity index (χ3n) is 4.63. The van der Waals surface area contributed by atoms with E-state index in [4.69, 9.17) is 23.2 Å². The summed E-state index contributed by atoms with van der Waals surface area (Å²) in [5, 5.41) is 4.13. The van der Waals surface area contributed by atoms with Crippen molar-refractivity contribution in [3.05, 3.63) is 75.8 Å². The van der Waals surface area contributed by atoms with E-state index in [1.807, 2.05) is 30.3 Å². The van der Waals surface area contributed by atoms with Gasteiger partial charge in [0.05, 0.1) is 5.39 Å². The first kappa shape index (κ1) is 19.2. The zero-order valence-electron chi connectivity index (χ0n) is 15.6. The van der Waals surface area contributed by atoms with Gasteiger partial charge in [0.15, 0.2) is 0 Å². The van der Waals surface area contributed by atoms with Crippen molar-refractivity contribution in [1.29, 1.82) is 0 Å². The Bertz CT molecular complexity index is 1090. The van der Waals surface area contributed by atoms with Crippen LogP contribution in [0, 0.1) is 0 Å². The zero-order chi connectivity index (χ0) is 19.7. The number of hydrogen-bond donors (Lipinski definition) is 0. The van der Waals surface area contributed by atoms with E-state index >= 15 is 0 Å². The fourth-order valence-corrected chi connectivity index (χ4v) is 4.51. The first-order chi connectivity index (χ1) is 13.5. The van der Waals surface area contributed by atoms with Crippen molar-refractivity contribution in [3.8, 4) is 11.1 Å². The predicted octanol–water partition coefficient (Wildman–Crippen LogP) is 7.08. The van der Waals surface area contributed by atoms with Crippen molar-refractivity contribution in [2.75, 3.05) is 4.90 Å². The van der Waals surface area contributed by atoms with Gasteiger partial charge < -0.3 is 4.90 Å². The molecule has 6 heteroatoms. The fraction of sp³-hybridized carbons (Fsp3) is 0.182. The maximum absolute atomic E-state index is 6.29. The maximum Gasteiger partial charge on any atom is 0.225 e. The Kier molecular flexibility index (Phi) is 5.54. The van der Waals surface area contributed by atoms with Crippen LogP contribution in [-0.4, -0.2) is 16.0 Å². The molecule has 0 aliphatic rings. The van der Waals surface area contributed by atoms with Crippen LogP contribution in [0.5, 0.6) is 0 Å². The van der Waals surface area contributed by atoms with E-state index in [1.54, 1.807) is 11.3 Å². The van der Waals surface area contributed by atoms with Crippen LogP contribution in [0.3, 0.4) is 0 Å². The van der Waals surface area contributed by atoms with Gasteiger partial charge in [-0.05, 0) is 48.7 Å². The van der Waals surface area contributed by atoms with Crippen molar-refractivity contribution < 1.29 is 0 Å². The molecule has 0 bridgehead atoms. The molecule has 0 spiro atoms. The summed E-state index contributed by atoms with van der Waals surface area (Å²) in [5.74, 6) is 0.861. The van der Waals surface area contributed by atoms with Gasteiger partial charge in [-0.3, -0.25) is 0 Å². The molecule has 0 radical (unpaired) electrons. The molecule has 2 heterocycles. The molecule has 0 aliphatic heterocycles. The van der Waals surface area contributed by atoms with Gasteiger partial charge in [-0.2, -0.15) is 4.98 Å². The monoisotopic (exact) mass is 427 g/mol. The quantitative estimate of drug-likeness (QED) is 0.318. The smallest absolute Gasteiger partial charge is 0.225 e. The average Bonchev–Trinajstić information content (AvgIpc) is 3.10. The van der Waals surface area contributed by atoms with Crippen LogP contribution in [-0.2, 0) is 6.54 Å². The van der Waals surface area contributed by atoms with E-state index in [1.165, 1.54) is 5.56 Å². The third kappa shape index (κ3) is 3.86. The molecule has 0 amide bonds. The van der Waals surface area contributed by atoms with Gasteiger partial charge in [0.25, 0.3) is 0 Å². The molecule has 2 aromatic carbocycles. The summed E-state index contributed by atoms with van der Waals surface area (Å²) < 4.78 is 0. The predicted molar refractivity (Wildman–Crippen MR) is 121 cm³/mol. The minimum Gasteiger partial charge on any atom is -0.349 e. The summed E-state index contributed by atoms with van der Waals surface area (Å²) in [6.07, 6.45) is 0. The summed E-state index contributed by atoms with van der Waals surface area (Å²) >= 11 is 14.0. The van der Waals surface area contributed by atoms with E-state index in [-0.39, 0.29) is 11.3 Å². The van der Waals surface area contributed by atoms with Gasteiger partial charge in [-0.15, -0.1) is 11.3 Å². The highest BCUT2D eigenvalue weighted by Crippen LogP contribution is 2.40. The zero-order valence-corrected chi connectivity index (χ0v) is 17.9. The van der Waals surface area contributed by atoms with E-state index in [9.17, 15) is 0 Å². The first-order valence-corrected chi connectivity index (χ1v) is 10.7. The minimum absolute atomic E-state index is 0.243. The molecule has 2 aromatic heterocycles. The lowest BCUT2D eigenvalue weighted by Gasteiger charge is -2.29. The molecule has 0 aliphatic carbocycles. The van der Waals surface area contributed by atoms with E-state index in [0.29, 0.717) is 0 Å². The Labute approximate surface area is 178 Å². The number of rotatable bonds is 5. The average molecular weight is 428 g/mol.